The molecule has 1 saturated carbocycles. The second-order valence-corrected chi connectivity index (χ2v) is 7.62. The van der Waals surface area contributed by atoms with Crippen LogP contribution in [0.3, 0.4) is 0 Å². The van der Waals surface area contributed by atoms with Crippen molar-refractivity contribution in [1.29, 1.82) is 0 Å². The standard InChI is InChI=1S/C18H21F3N2O3/c1-12(18(19,20)21)26-14-3-2-13(10-22-14)23-9-8-16(15(23)24)4-6-17(7-5-16)11-25-17/h2-3,10,12H,4-9,11H2,1H3/t12-,16-,17-/m1/s1. The van der Waals surface area contributed by atoms with E-state index in [4.69, 9.17) is 9.47 Å². The van der Waals surface area contributed by atoms with E-state index in [1.54, 1.807) is 11.0 Å². The number of aromatic nitrogens is 1. The minimum Gasteiger partial charge on any atom is -0.465 e. The lowest BCUT2D eigenvalue weighted by atomic mass is 9.69. The maximum Gasteiger partial charge on any atom is 0.425 e. The van der Waals surface area contributed by atoms with Crippen molar-refractivity contribution in [2.45, 2.75) is 56.9 Å². The molecule has 3 aliphatic rings. The molecule has 1 amide bonds. The predicted octanol–water partition coefficient (Wildman–Crippen LogP) is 3.48. The van der Waals surface area contributed by atoms with E-state index in [1.165, 1.54) is 12.3 Å². The molecule has 1 aromatic rings. The zero-order valence-corrected chi connectivity index (χ0v) is 14.5. The van der Waals surface area contributed by atoms with Gasteiger partial charge in [-0.1, -0.05) is 0 Å². The number of carbonyl (C=O) groups excluding carboxylic acids is 1. The minimum absolute atomic E-state index is 0.0364. The average Bonchev–Trinajstić information content (AvgIpc) is 3.29. The first-order valence-electron chi connectivity index (χ1n) is 8.89. The predicted molar refractivity (Wildman–Crippen MR) is 86.9 cm³/mol. The number of alkyl halides is 3. The summed E-state index contributed by atoms with van der Waals surface area (Å²) in [5.41, 5.74) is 0.313. The fraction of sp³-hybridized carbons (Fsp3) is 0.667. The first-order valence-corrected chi connectivity index (χ1v) is 8.89. The van der Waals surface area contributed by atoms with Gasteiger partial charge in [-0.15, -0.1) is 0 Å². The Morgan fingerprint density at radius 2 is 1.92 bits per heavy atom. The molecule has 0 N–H and O–H groups in total. The van der Waals surface area contributed by atoms with Gasteiger partial charge in [-0.25, -0.2) is 4.98 Å². The molecule has 3 fully saturated rings. The molecule has 5 nitrogen and oxygen atoms in total. The number of hydrogen-bond acceptors (Lipinski definition) is 4. The highest BCUT2D eigenvalue weighted by atomic mass is 19.4. The number of ether oxygens (including phenoxy) is 2. The number of pyridine rings is 1. The summed E-state index contributed by atoms with van der Waals surface area (Å²) in [6.07, 6.45) is -0.660. The molecule has 2 saturated heterocycles. The molecule has 0 aromatic carbocycles. The van der Waals surface area contributed by atoms with Crippen LogP contribution >= 0.6 is 0 Å². The van der Waals surface area contributed by atoms with Crippen LogP contribution in [0, 0.1) is 5.41 Å². The third-order valence-corrected chi connectivity index (χ3v) is 5.97. The van der Waals surface area contributed by atoms with Crippen LogP contribution in [0.5, 0.6) is 5.88 Å². The van der Waals surface area contributed by atoms with Crippen molar-refractivity contribution in [3.05, 3.63) is 18.3 Å². The van der Waals surface area contributed by atoms with Gasteiger partial charge in [0.1, 0.15) is 0 Å². The number of epoxide rings is 1. The van der Waals surface area contributed by atoms with E-state index in [9.17, 15) is 18.0 Å². The summed E-state index contributed by atoms with van der Waals surface area (Å²) in [4.78, 5) is 18.6. The van der Waals surface area contributed by atoms with Crippen molar-refractivity contribution in [2.75, 3.05) is 18.1 Å². The zero-order chi connectivity index (χ0) is 18.6. The van der Waals surface area contributed by atoms with E-state index in [2.05, 4.69) is 4.98 Å². The number of carbonyl (C=O) groups is 1. The monoisotopic (exact) mass is 370 g/mol. The van der Waals surface area contributed by atoms with Crippen molar-refractivity contribution in [1.82, 2.24) is 4.98 Å². The highest BCUT2D eigenvalue weighted by Gasteiger charge is 2.56. The Bertz CT molecular complexity index is 691. The largest absolute Gasteiger partial charge is 0.465 e. The van der Waals surface area contributed by atoms with Gasteiger partial charge >= 0.3 is 6.18 Å². The molecule has 1 atom stereocenters. The average molecular weight is 370 g/mol. The van der Waals surface area contributed by atoms with Gasteiger partial charge in [-0.05, 0) is 45.1 Å². The van der Waals surface area contributed by atoms with Crippen molar-refractivity contribution in [2.24, 2.45) is 5.41 Å². The Balaban J connectivity index is 1.43. The lowest BCUT2D eigenvalue weighted by molar-refractivity contribution is -0.189. The van der Waals surface area contributed by atoms with Gasteiger partial charge in [0.15, 0.2) is 6.10 Å². The highest BCUT2D eigenvalue weighted by Crippen LogP contribution is 2.53. The fourth-order valence-corrected chi connectivity index (χ4v) is 3.96. The summed E-state index contributed by atoms with van der Waals surface area (Å²) in [6, 6.07) is 2.97. The van der Waals surface area contributed by atoms with Gasteiger partial charge < -0.3 is 14.4 Å². The maximum atomic E-state index is 13.0. The third-order valence-electron chi connectivity index (χ3n) is 5.97. The van der Waals surface area contributed by atoms with Gasteiger partial charge in [0, 0.05) is 12.6 Å². The van der Waals surface area contributed by atoms with E-state index in [1.807, 2.05) is 0 Å². The topological polar surface area (TPSA) is 55.0 Å². The van der Waals surface area contributed by atoms with Gasteiger partial charge in [0.25, 0.3) is 0 Å². The zero-order valence-electron chi connectivity index (χ0n) is 14.5. The van der Waals surface area contributed by atoms with Gasteiger partial charge in [0.05, 0.1) is 29.5 Å². The molecule has 3 heterocycles. The molecular formula is C18H21F3N2O3. The van der Waals surface area contributed by atoms with E-state index >= 15 is 0 Å². The summed E-state index contributed by atoms with van der Waals surface area (Å²) < 4.78 is 48.0. The molecule has 2 spiro atoms. The first-order chi connectivity index (χ1) is 12.2. The van der Waals surface area contributed by atoms with Crippen molar-refractivity contribution < 1.29 is 27.4 Å². The van der Waals surface area contributed by atoms with Crippen LogP contribution in [-0.2, 0) is 9.53 Å². The maximum absolute atomic E-state index is 13.0. The Labute approximate surface area is 149 Å². The number of halogens is 3. The molecule has 4 rings (SSSR count). The van der Waals surface area contributed by atoms with E-state index in [-0.39, 0.29) is 22.8 Å². The number of amides is 1. The normalized spacial score (nSPS) is 32.3. The summed E-state index contributed by atoms with van der Waals surface area (Å²) in [5, 5.41) is 0. The summed E-state index contributed by atoms with van der Waals surface area (Å²) in [6.45, 7) is 2.35. The van der Waals surface area contributed by atoms with E-state index in [0.717, 1.165) is 45.6 Å². The van der Waals surface area contributed by atoms with E-state index in [0.29, 0.717) is 12.2 Å². The molecular weight excluding hydrogens is 349 g/mol. The molecule has 1 aliphatic carbocycles. The lowest BCUT2D eigenvalue weighted by Gasteiger charge is -2.34. The Morgan fingerprint density at radius 1 is 1.23 bits per heavy atom. The molecule has 26 heavy (non-hydrogen) atoms. The number of rotatable bonds is 3. The number of anilines is 1. The van der Waals surface area contributed by atoms with Crippen LogP contribution in [0.15, 0.2) is 18.3 Å². The third kappa shape index (κ3) is 3.04. The summed E-state index contributed by atoms with van der Waals surface area (Å²) in [5.74, 6) is -0.0162. The molecule has 2 aliphatic heterocycles. The Kier molecular flexibility index (Phi) is 3.95. The molecule has 0 unspecified atom stereocenters. The molecule has 8 heteroatoms. The molecule has 142 valence electrons. The smallest absolute Gasteiger partial charge is 0.425 e. The second-order valence-electron chi connectivity index (χ2n) is 7.62. The minimum atomic E-state index is -4.44. The summed E-state index contributed by atoms with van der Waals surface area (Å²) in [7, 11) is 0. The van der Waals surface area contributed by atoms with E-state index < -0.39 is 12.3 Å². The Morgan fingerprint density at radius 3 is 2.46 bits per heavy atom. The van der Waals surface area contributed by atoms with Crippen LogP contribution in [-0.4, -0.2) is 41.9 Å². The van der Waals surface area contributed by atoms with Crippen molar-refractivity contribution >= 4 is 11.6 Å². The van der Waals surface area contributed by atoms with Crippen molar-refractivity contribution in [3.63, 3.8) is 0 Å². The van der Waals surface area contributed by atoms with Crippen LogP contribution < -0.4 is 9.64 Å². The quantitative estimate of drug-likeness (QED) is 0.765. The van der Waals surface area contributed by atoms with Gasteiger partial charge in [-0.3, -0.25) is 4.79 Å². The van der Waals surface area contributed by atoms with Crippen LogP contribution in [0.1, 0.15) is 39.0 Å². The van der Waals surface area contributed by atoms with Gasteiger partial charge in [0.2, 0.25) is 11.8 Å². The van der Waals surface area contributed by atoms with Crippen LogP contribution in [0.2, 0.25) is 0 Å². The first kappa shape index (κ1) is 17.6. The Hall–Kier alpha value is -1.83. The van der Waals surface area contributed by atoms with Crippen LogP contribution in [0.4, 0.5) is 18.9 Å². The molecule has 0 radical (unpaired) electrons. The molecule has 1 aromatic heterocycles. The second kappa shape index (κ2) is 5.84. The fourth-order valence-electron chi connectivity index (χ4n) is 3.96. The highest BCUT2D eigenvalue weighted by molar-refractivity contribution is 5.99. The number of nitrogens with zero attached hydrogens (tertiary/aromatic N) is 2. The summed E-state index contributed by atoms with van der Waals surface area (Å²) >= 11 is 0. The number of hydrogen-bond donors (Lipinski definition) is 0. The van der Waals surface area contributed by atoms with Crippen LogP contribution in [0.25, 0.3) is 0 Å². The SMILES string of the molecule is C[C@@H](Oc1ccc(N2CC[C@]3(CC[C@@]4(CC3)CO4)C2=O)cn1)C(F)(F)F. The van der Waals surface area contributed by atoms with Crippen molar-refractivity contribution in [3.8, 4) is 5.88 Å². The molecule has 0 bridgehead atoms. The van der Waals surface area contributed by atoms with Gasteiger partial charge in [-0.2, -0.15) is 13.2 Å². The lowest BCUT2D eigenvalue weighted by Crippen LogP contribution is -2.39.